The molecule has 0 radical (unpaired) electrons. The molecule has 20 heteroatoms. The van der Waals surface area contributed by atoms with Gasteiger partial charge in [0.1, 0.15) is 0 Å². The number of likely N-dealkylation sites (tertiary alicyclic amines) is 1. The van der Waals surface area contributed by atoms with Crippen molar-refractivity contribution >= 4 is 23.2 Å². The van der Waals surface area contributed by atoms with E-state index in [1.54, 1.807) is 18.3 Å². The molecule has 4 aliphatic heterocycles. The molecule has 6 N–H and O–H groups in total. The highest BCUT2D eigenvalue weighted by molar-refractivity contribution is 6.31. The third-order valence-electron chi connectivity index (χ3n) is 22.5. The molecule has 1 spiro atoms. The fourth-order valence-electron chi connectivity index (χ4n) is 16.2. The minimum atomic E-state index is -4.57. The molecule has 2 aliphatic carbocycles. The van der Waals surface area contributed by atoms with Crippen LogP contribution in [0.15, 0.2) is 95.9 Å². The molecule has 0 bridgehead atoms. The molecule has 1 amide bonds. The molecule has 2 aromatic carbocycles. The molecule has 5 fully saturated rings. The number of hydrogen-bond donors (Lipinski definition) is 6. The Morgan fingerprint density at radius 1 is 0.758 bits per heavy atom. The average molecular weight is 1350 g/mol. The van der Waals surface area contributed by atoms with Crippen molar-refractivity contribution < 1.29 is 31.1 Å². The number of fused-ring (bicyclic) bond motifs is 2. The maximum absolute atomic E-state index is 14.8. The number of amides is 1. The first kappa shape index (κ1) is 76.1. The molecule has 2 aromatic rings. The highest BCUT2D eigenvalue weighted by atomic mass is 35.5. The lowest BCUT2D eigenvalue weighted by molar-refractivity contribution is -0.160. The molecule has 12 atom stereocenters. The standard InChI is InChI=1S/C75H117ClF6N12O/c1-12-51(3)68-46-87-67(45-58-21-14-15-22-58)54(6)86-47-69-70(72(95)92-39-18-19-40-92)57(9)94(69)71(52(4)13-2)55(7)89-73(33-16-17-34-73)50-84-37-36-83-35-32-62(30-26-60-27-31-65(66(76)44-60)75(80,81)82)85-38-42-90(10)48-64(43-59-24-28-61(29-25-59)74(77,78)79)91(11)49-63-23-20-41-93(63)56(8)53(5)88-68/h24-25,27-29,31-32,35,38,42,44,48-49,51-58,67-71,83-84,86-89H,12-23,26,30,33-34,36-37,39-41,43,45-47,50H2,1-11H3/t51-,52-,53?,54?,55?,56-,57?,67-,68+,69?,70-,71-/m0/s1. The number of halogens is 7. The first-order valence-corrected chi connectivity index (χ1v) is 36.7. The Kier molecular flexibility index (Phi) is 28.4. The maximum atomic E-state index is 14.8. The molecule has 0 aromatic heterocycles. The van der Waals surface area contributed by atoms with E-state index in [0.717, 1.165) is 139 Å². The van der Waals surface area contributed by atoms with Crippen LogP contribution in [0.5, 0.6) is 0 Å². The second kappa shape index (κ2) is 35.4. The Morgan fingerprint density at radius 3 is 2.12 bits per heavy atom. The Labute approximate surface area is 571 Å². The van der Waals surface area contributed by atoms with Gasteiger partial charge in [-0.25, -0.2) is 0 Å². The van der Waals surface area contributed by atoms with Crippen molar-refractivity contribution in [3.05, 3.63) is 118 Å². The van der Waals surface area contributed by atoms with Gasteiger partial charge in [-0.1, -0.05) is 109 Å². The molecule has 4 heterocycles. The van der Waals surface area contributed by atoms with Crippen LogP contribution < -0.4 is 31.9 Å². The Balaban J connectivity index is 1.11. The number of aliphatic imine (C=N–C) groups is 1. The van der Waals surface area contributed by atoms with Crippen LogP contribution in [0, 0.1) is 23.7 Å². The summed E-state index contributed by atoms with van der Waals surface area (Å²) in [4.78, 5) is 31.1. The van der Waals surface area contributed by atoms with Gasteiger partial charge in [-0.05, 0) is 158 Å². The average Bonchev–Trinajstić information content (AvgIpc) is 0.769. The third kappa shape index (κ3) is 21.0. The molecule has 5 unspecified atom stereocenters. The number of aryl methyl sites for hydroxylation is 1. The molecule has 6 aliphatic rings. The second-order valence-corrected chi connectivity index (χ2v) is 29.7. The quantitative estimate of drug-likeness (QED) is 0.114. The van der Waals surface area contributed by atoms with Gasteiger partial charge in [-0.2, -0.15) is 26.3 Å². The van der Waals surface area contributed by atoms with E-state index in [1.807, 2.05) is 43.7 Å². The number of alkyl halides is 6. The number of likely N-dealkylation sites (N-methyl/N-ethyl adjacent to an activating group) is 1. The van der Waals surface area contributed by atoms with Crippen LogP contribution in [-0.2, 0) is 30.0 Å². The van der Waals surface area contributed by atoms with E-state index in [0.29, 0.717) is 67.3 Å². The predicted octanol–water partition coefficient (Wildman–Crippen LogP) is 14.1. The third-order valence-corrected chi connectivity index (χ3v) is 22.8. The largest absolute Gasteiger partial charge is 0.417 e. The summed E-state index contributed by atoms with van der Waals surface area (Å²) in [6.45, 7) is 27.5. The number of nitrogens with zero attached hydrogens (tertiary/aromatic N) is 6. The van der Waals surface area contributed by atoms with Gasteiger partial charge >= 0.3 is 12.4 Å². The van der Waals surface area contributed by atoms with Crippen molar-refractivity contribution in [1.29, 1.82) is 0 Å². The maximum Gasteiger partial charge on any atom is 0.417 e. The monoisotopic (exact) mass is 1350 g/mol. The van der Waals surface area contributed by atoms with Crippen LogP contribution in [0.25, 0.3) is 0 Å². The van der Waals surface area contributed by atoms with Crippen LogP contribution in [0.2, 0.25) is 5.02 Å². The summed E-state index contributed by atoms with van der Waals surface area (Å²) in [7, 11) is 3.89. The van der Waals surface area contributed by atoms with Gasteiger partial charge in [0.15, 0.2) is 0 Å². The Bertz CT molecular complexity index is 2860. The summed E-state index contributed by atoms with van der Waals surface area (Å²) < 4.78 is 82.5. The highest BCUT2D eigenvalue weighted by Crippen LogP contribution is 2.42. The van der Waals surface area contributed by atoms with Crippen LogP contribution in [0.4, 0.5) is 26.3 Å². The summed E-state index contributed by atoms with van der Waals surface area (Å²) in [6, 6.07) is 10.7. The Morgan fingerprint density at radius 2 is 1.45 bits per heavy atom. The number of nitrogens with one attached hydrogen (secondary N) is 6. The van der Waals surface area contributed by atoms with E-state index in [-0.39, 0.29) is 70.9 Å². The van der Waals surface area contributed by atoms with Crippen LogP contribution in [-0.4, -0.2) is 162 Å². The number of benzene rings is 2. The van der Waals surface area contributed by atoms with Crippen molar-refractivity contribution in [3.63, 3.8) is 0 Å². The summed E-state index contributed by atoms with van der Waals surface area (Å²) in [5, 5.41) is 23.8. The minimum Gasteiger partial charge on any atom is -0.390 e. The summed E-state index contributed by atoms with van der Waals surface area (Å²) in [5.41, 5.74) is 2.44. The second-order valence-electron chi connectivity index (χ2n) is 29.3. The molecule has 532 valence electrons. The fraction of sp³-hybridized carbons (Fsp3) is 0.707. The van der Waals surface area contributed by atoms with E-state index in [2.05, 4.69) is 120 Å². The number of hydrogen-bond acceptors (Lipinski definition) is 12. The highest BCUT2D eigenvalue weighted by Gasteiger charge is 2.55. The van der Waals surface area contributed by atoms with Gasteiger partial charge in [-0.3, -0.25) is 14.7 Å². The van der Waals surface area contributed by atoms with Gasteiger partial charge in [0.05, 0.1) is 22.1 Å². The van der Waals surface area contributed by atoms with Gasteiger partial charge in [-0.15, -0.1) is 0 Å². The molecular weight excluding hydrogens is 1230 g/mol. The van der Waals surface area contributed by atoms with E-state index in [9.17, 15) is 31.1 Å². The first-order valence-electron chi connectivity index (χ1n) is 36.3. The fourth-order valence-corrected chi connectivity index (χ4v) is 16.5. The molecule has 2 saturated carbocycles. The van der Waals surface area contributed by atoms with Crippen molar-refractivity contribution in [3.8, 4) is 0 Å². The SMILES string of the molecule is CC[C@H](C)[C@H]1C(C)NC2(CCCC2)CNCCNC=CC(CCc2ccc(C(F)(F)F)c(Cl)c2)=NC=CN(C)C=C(Cc2ccc(C(F)(F)F)cc2)N(C)C=C2CCCN2[C@@H](C)C(C)N[C@@H]([C@@H](C)CC)CN[C@@H](CC2CCCC2)C(C)NCC2[C@@H](C(=O)N3CCCC3)C(C)N21. The molecule has 8 rings (SSSR count). The van der Waals surface area contributed by atoms with Crippen molar-refractivity contribution in [2.75, 3.05) is 66.5 Å². The van der Waals surface area contributed by atoms with Crippen molar-refractivity contribution in [2.45, 2.75) is 250 Å². The van der Waals surface area contributed by atoms with E-state index in [4.69, 9.17) is 16.6 Å². The van der Waals surface area contributed by atoms with E-state index < -0.39 is 23.5 Å². The zero-order valence-electron chi connectivity index (χ0n) is 59.1. The van der Waals surface area contributed by atoms with E-state index in [1.165, 1.54) is 43.5 Å². The van der Waals surface area contributed by atoms with Crippen molar-refractivity contribution in [1.82, 2.24) is 56.4 Å². The molecular formula is C75H117ClF6N12O. The number of allylic oxidation sites excluding steroid dienone is 3. The normalized spacial score (nSPS) is 29.1. The number of rotatable bonds is 12. The smallest absolute Gasteiger partial charge is 0.390 e. The number of carbonyl (C=O) groups is 1. The lowest BCUT2D eigenvalue weighted by Crippen LogP contribution is -2.76. The first-order chi connectivity index (χ1) is 45.3. The summed E-state index contributed by atoms with van der Waals surface area (Å²) >= 11 is 6.18. The summed E-state index contributed by atoms with van der Waals surface area (Å²) in [6.07, 6.45) is 20.4. The minimum absolute atomic E-state index is 0.0598. The lowest BCUT2D eigenvalue weighted by Gasteiger charge is -2.60. The van der Waals surface area contributed by atoms with Gasteiger partial charge in [0, 0.05) is 175 Å². The predicted molar refractivity (Wildman–Crippen MR) is 377 cm³/mol. The zero-order valence-corrected chi connectivity index (χ0v) is 59.9. The van der Waals surface area contributed by atoms with Crippen LogP contribution in [0.3, 0.4) is 0 Å². The molecule has 95 heavy (non-hydrogen) atoms. The topological polar surface area (TPSA) is 118 Å². The summed E-state index contributed by atoms with van der Waals surface area (Å²) in [5.74, 6) is 1.72. The molecule has 3 saturated heterocycles. The Hall–Kier alpha value is -4.63. The number of carbonyl (C=O) groups excluding carboxylic acids is 1. The van der Waals surface area contributed by atoms with Crippen LogP contribution in [0.1, 0.15) is 187 Å². The van der Waals surface area contributed by atoms with Crippen molar-refractivity contribution in [2.24, 2.45) is 28.7 Å². The zero-order chi connectivity index (χ0) is 68.6. The van der Waals surface area contributed by atoms with Gasteiger partial charge in [0.25, 0.3) is 0 Å². The lowest BCUT2D eigenvalue weighted by atomic mass is 9.74. The van der Waals surface area contributed by atoms with Crippen LogP contribution >= 0.6 is 11.6 Å². The van der Waals surface area contributed by atoms with E-state index >= 15 is 0 Å². The van der Waals surface area contributed by atoms with Gasteiger partial charge < -0.3 is 51.5 Å². The van der Waals surface area contributed by atoms with Gasteiger partial charge in [0.2, 0.25) is 5.91 Å². The molecule has 13 nitrogen and oxygen atoms in total.